The molecule has 0 radical (unpaired) electrons. The number of hydrogen-bond donors (Lipinski definition) is 0. The van der Waals surface area contributed by atoms with Gasteiger partial charge in [0.25, 0.3) is 0 Å². The summed E-state index contributed by atoms with van der Waals surface area (Å²) in [6.07, 6.45) is 6.35. The summed E-state index contributed by atoms with van der Waals surface area (Å²) in [6.45, 7) is 0. The Hall–Kier alpha value is -0.150. The van der Waals surface area contributed by atoms with E-state index in [0.29, 0.717) is 11.3 Å². The third-order valence-electron chi connectivity index (χ3n) is 2.68. The summed E-state index contributed by atoms with van der Waals surface area (Å²) >= 11 is 8.19. The van der Waals surface area contributed by atoms with Crippen molar-refractivity contribution in [3.05, 3.63) is 18.0 Å². The van der Waals surface area contributed by atoms with Crippen LogP contribution < -0.4 is 0 Å². The zero-order valence-corrected chi connectivity index (χ0v) is 9.89. The lowest BCUT2D eigenvalue weighted by Gasteiger charge is -2.10. The molecule has 1 aliphatic rings. The molecule has 0 bridgehead atoms. The Morgan fingerprint density at radius 3 is 3.07 bits per heavy atom. The summed E-state index contributed by atoms with van der Waals surface area (Å²) < 4.78 is 1.86. The van der Waals surface area contributed by atoms with Crippen LogP contribution in [0, 0.1) is 5.92 Å². The van der Waals surface area contributed by atoms with Gasteiger partial charge in [-0.25, -0.2) is 0 Å². The van der Waals surface area contributed by atoms with Gasteiger partial charge in [0.05, 0.1) is 6.20 Å². The van der Waals surface area contributed by atoms with Crippen LogP contribution in [0.25, 0.3) is 0 Å². The Morgan fingerprint density at radius 1 is 1.64 bits per heavy atom. The molecule has 0 N–H and O–H groups in total. The van der Waals surface area contributed by atoms with E-state index >= 15 is 0 Å². The van der Waals surface area contributed by atoms with Crippen molar-refractivity contribution in [2.24, 2.45) is 13.0 Å². The minimum atomic E-state index is 0.386. The van der Waals surface area contributed by atoms with Crippen LogP contribution in [0.5, 0.6) is 0 Å². The SMILES string of the molecule is Cn1cc(CCC2CSCC2Cl)cn1. The van der Waals surface area contributed by atoms with Crippen molar-refractivity contribution in [2.75, 3.05) is 11.5 Å². The van der Waals surface area contributed by atoms with Gasteiger partial charge in [0.2, 0.25) is 0 Å². The van der Waals surface area contributed by atoms with Crippen LogP contribution in [0.15, 0.2) is 12.4 Å². The van der Waals surface area contributed by atoms with Gasteiger partial charge in [-0.3, -0.25) is 4.68 Å². The molecule has 2 rings (SSSR count). The maximum atomic E-state index is 6.21. The summed E-state index contributed by atoms with van der Waals surface area (Å²) in [4.78, 5) is 0. The van der Waals surface area contributed by atoms with Crippen molar-refractivity contribution in [3.8, 4) is 0 Å². The molecule has 2 unspecified atom stereocenters. The van der Waals surface area contributed by atoms with Crippen LogP contribution in [-0.2, 0) is 13.5 Å². The van der Waals surface area contributed by atoms with Crippen LogP contribution in [0.4, 0.5) is 0 Å². The molecule has 78 valence electrons. The van der Waals surface area contributed by atoms with Crippen LogP contribution in [0.3, 0.4) is 0 Å². The van der Waals surface area contributed by atoms with Crippen molar-refractivity contribution in [3.63, 3.8) is 0 Å². The maximum Gasteiger partial charge on any atom is 0.0521 e. The average Bonchev–Trinajstić information content (AvgIpc) is 2.72. The number of thioether (sulfide) groups is 1. The lowest BCUT2D eigenvalue weighted by molar-refractivity contribution is 0.553. The normalized spacial score (nSPS) is 27.0. The topological polar surface area (TPSA) is 17.8 Å². The summed E-state index contributed by atoms with van der Waals surface area (Å²) in [7, 11) is 1.96. The van der Waals surface area contributed by atoms with E-state index in [1.54, 1.807) is 0 Å². The monoisotopic (exact) mass is 230 g/mol. The molecule has 1 aromatic heterocycles. The highest BCUT2D eigenvalue weighted by Crippen LogP contribution is 2.31. The number of aromatic nitrogens is 2. The first-order valence-electron chi connectivity index (χ1n) is 4.95. The molecule has 0 aliphatic carbocycles. The number of halogens is 1. The summed E-state index contributed by atoms with van der Waals surface area (Å²) in [6, 6.07) is 0. The molecule has 1 fully saturated rings. The standard InChI is InChI=1S/C10H15ClN2S/c1-13-5-8(4-12-13)2-3-9-6-14-7-10(9)11/h4-5,9-10H,2-3,6-7H2,1H3. The highest BCUT2D eigenvalue weighted by atomic mass is 35.5. The van der Waals surface area contributed by atoms with Gasteiger partial charge in [0, 0.05) is 24.4 Å². The fraction of sp³-hybridized carbons (Fsp3) is 0.700. The first kappa shape index (κ1) is 10.4. The van der Waals surface area contributed by atoms with Crippen LogP contribution in [0.1, 0.15) is 12.0 Å². The molecule has 2 atom stereocenters. The second-order valence-corrected chi connectivity index (χ2v) is 5.51. The van der Waals surface area contributed by atoms with Crippen molar-refractivity contribution in [2.45, 2.75) is 18.2 Å². The molecule has 14 heavy (non-hydrogen) atoms. The minimum Gasteiger partial charge on any atom is -0.276 e. The maximum absolute atomic E-state index is 6.21. The van der Waals surface area contributed by atoms with Crippen LogP contribution >= 0.6 is 23.4 Å². The van der Waals surface area contributed by atoms with Gasteiger partial charge < -0.3 is 0 Å². The predicted molar refractivity (Wildman–Crippen MR) is 62.0 cm³/mol. The van der Waals surface area contributed by atoms with Gasteiger partial charge in [-0.05, 0) is 30.1 Å². The van der Waals surface area contributed by atoms with E-state index in [1.807, 2.05) is 29.7 Å². The van der Waals surface area contributed by atoms with E-state index in [2.05, 4.69) is 11.3 Å². The first-order valence-corrected chi connectivity index (χ1v) is 6.54. The molecule has 2 heterocycles. The van der Waals surface area contributed by atoms with Gasteiger partial charge in [0.15, 0.2) is 0 Å². The predicted octanol–water partition coefficient (Wildman–Crippen LogP) is 2.32. The van der Waals surface area contributed by atoms with E-state index in [4.69, 9.17) is 11.6 Å². The molecule has 0 amide bonds. The Bertz CT molecular complexity index is 300. The smallest absolute Gasteiger partial charge is 0.0521 e. The van der Waals surface area contributed by atoms with E-state index in [-0.39, 0.29) is 0 Å². The molecule has 0 spiro atoms. The summed E-state index contributed by atoms with van der Waals surface area (Å²) in [5.74, 6) is 3.05. The zero-order valence-electron chi connectivity index (χ0n) is 8.32. The average molecular weight is 231 g/mol. The lowest BCUT2D eigenvalue weighted by atomic mass is 10.0. The van der Waals surface area contributed by atoms with Crippen molar-refractivity contribution < 1.29 is 0 Å². The first-order chi connectivity index (χ1) is 6.75. The van der Waals surface area contributed by atoms with Gasteiger partial charge >= 0.3 is 0 Å². The number of rotatable bonds is 3. The minimum absolute atomic E-state index is 0.386. The van der Waals surface area contributed by atoms with Gasteiger partial charge in [-0.2, -0.15) is 16.9 Å². The fourth-order valence-electron chi connectivity index (χ4n) is 1.79. The van der Waals surface area contributed by atoms with Crippen molar-refractivity contribution >= 4 is 23.4 Å². The summed E-state index contributed by atoms with van der Waals surface area (Å²) in [5, 5.41) is 4.55. The molecule has 1 aliphatic heterocycles. The second-order valence-electron chi connectivity index (χ2n) is 3.87. The van der Waals surface area contributed by atoms with Gasteiger partial charge in [-0.15, -0.1) is 11.6 Å². The van der Waals surface area contributed by atoms with Crippen LogP contribution in [-0.4, -0.2) is 26.7 Å². The van der Waals surface area contributed by atoms with Crippen molar-refractivity contribution in [1.29, 1.82) is 0 Å². The van der Waals surface area contributed by atoms with E-state index in [0.717, 1.165) is 12.2 Å². The Labute approximate surface area is 94.0 Å². The highest BCUT2D eigenvalue weighted by molar-refractivity contribution is 7.99. The molecule has 0 aromatic carbocycles. The molecule has 4 heteroatoms. The molecule has 2 nitrogen and oxygen atoms in total. The fourth-order valence-corrected chi connectivity index (χ4v) is 3.71. The van der Waals surface area contributed by atoms with E-state index < -0.39 is 0 Å². The summed E-state index contributed by atoms with van der Waals surface area (Å²) in [5.41, 5.74) is 1.33. The number of aryl methyl sites for hydroxylation is 2. The molecular formula is C10H15ClN2S. The van der Waals surface area contributed by atoms with Gasteiger partial charge in [0.1, 0.15) is 0 Å². The largest absolute Gasteiger partial charge is 0.276 e. The number of alkyl halides is 1. The highest BCUT2D eigenvalue weighted by Gasteiger charge is 2.25. The van der Waals surface area contributed by atoms with E-state index in [1.165, 1.54) is 17.7 Å². The van der Waals surface area contributed by atoms with Crippen molar-refractivity contribution in [1.82, 2.24) is 9.78 Å². The second kappa shape index (κ2) is 4.58. The molecule has 1 aromatic rings. The number of hydrogen-bond acceptors (Lipinski definition) is 2. The Balaban J connectivity index is 1.82. The number of nitrogens with zero attached hydrogens (tertiary/aromatic N) is 2. The van der Waals surface area contributed by atoms with Gasteiger partial charge in [-0.1, -0.05) is 0 Å². The Kier molecular flexibility index (Phi) is 3.39. The van der Waals surface area contributed by atoms with E-state index in [9.17, 15) is 0 Å². The molecule has 1 saturated heterocycles. The molecule has 0 saturated carbocycles. The Morgan fingerprint density at radius 2 is 2.50 bits per heavy atom. The lowest BCUT2D eigenvalue weighted by Crippen LogP contribution is -2.12. The molecular weight excluding hydrogens is 216 g/mol. The quantitative estimate of drug-likeness (QED) is 0.742. The zero-order chi connectivity index (χ0) is 9.97. The third-order valence-corrected chi connectivity index (χ3v) is 4.63. The van der Waals surface area contributed by atoms with Crippen LogP contribution in [0.2, 0.25) is 0 Å². The third kappa shape index (κ3) is 2.45.